The first-order valence-electron chi connectivity index (χ1n) is 6.36. The molecule has 0 aliphatic heterocycles. The van der Waals surface area contributed by atoms with Crippen molar-refractivity contribution in [2.75, 3.05) is 13.7 Å². The van der Waals surface area contributed by atoms with Crippen molar-refractivity contribution in [1.82, 2.24) is 15.5 Å². The number of ether oxygens (including phenoxy) is 1. The number of amides is 1. The van der Waals surface area contributed by atoms with Gasteiger partial charge in [-0.25, -0.2) is 0 Å². The molecular weight excluding hydrogens is 242 g/mol. The highest BCUT2D eigenvalue weighted by molar-refractivity contribution is 6.04. The van der Waals surface area contributed by atoms with Gasteiger partial charge in [0.15, 0.2) is 5.69 Å². The van der Waals surface area contributed by atoms with E-state index >= 15 is 0 Å². The number of carbonyl (C=O) groups is 1. The first-order valence-corrected chi connectivity index (χ1v) is 6.36. The topological polar surface area (TPSA) is 67.0 Å². The van der Waals surface area contributed by atoms with Crippen LogP contribution < -0.4 is 5.32 Å². The lowest BCUT2D eigenvalue weighted by Gasteiger charge is -2.20. The second-order valence-electron chi connectivity index (χ2n) is 4.90. The molecule has 1 heterocycles. The van der Waals surface area contributed by atoms with E-state index in [0.29, 0.717) is 18.2 Å². The van der Waals surface area contributed by atoms with Gasteiger partial charge in [0, 0.05) is 12.5 Å². The molecule has 1 unspecified atom stereocenters. The van der Waals surface area contributed by atoms with Crippen LogP contribution in [0.25, 0.3) is 10.9 Å². The van der Waals surface area contributed by atoms with Crippen LogP contribution in [0.15, 0.2) is 24.3 Å². The smallest absolute Gasteiger partial charge is 0.272 e. The maximum atomic E-state index is 12.3. The Morgan fingerprint density at radius 2 is 2.16 bits per heavy atom. The van der Waals surface area contributed by atoms with Crippen LogP contribution in [0, 0.1) is 5.92 Å². The lowest BCUT2D eigenvalue weighted by Crippen LogP contribution is -2.41. The molecule has 2 aromatic rings. The number of hydrogen-bond acceptors (Lipinski definition) is 3. The number of carbonyl (C=O) groups excluding carboxylic acids is 1. The molecule has 0 aliphatic rings. The van der Waals surface area contributed by atoms with Crippen molar-refractivity contribution < 1.29 is 9.53 Å². The molecular formula is C14H19N3O2. The van der Waals surface area contributed by atoms with E-state index < -0.39 is 0 Å². The van der Waals surface area contributed by atoms with Crippen LogP contribution >= 0.6 is 0 Å². The largest absolute Gasteiger partial charge is 0.383 e. The highest BCUT2D eigenvalue weighted by Gasteiger charge is 2.20. The maximum Gasteiger partial charge on any atom is 0.272 e. The average Bonchev–Trinajstić information content (AvgIpc) is 2.81. The molecule has 2 rings (SSSR count). The molecule has 19 heavy (non-hydrogen) atoms. The predicted molar refractivity (Wildman–Crippen MR) is 74.1 cm³/mol. The van der Waals surface area contributed by atoms with E-state index in [4.69, 9.17) is 4.74 Å². The zero-order valence-corrected chi connectivity index (χ0v) is 11.4. The number of nitrogens with zero attached hydrogens (tertiary/aromatic N) is 1. The first-order chi connectivity index (χ1) is 9.13. The van der Waals surface area contributed by atoms with E-state index in [1.807, 2.05) is 38.1 Å². The van der Waals surface area contributed by atoms with E-state index in [1.165, 1.54) is 0 Å². The standard InChI is InChI=1S/C14H19N3O2/c1-9(2)12(8-19-3)15-14(18)13-10-6-4-5-7-11(10)16-17-13/h4-7,9,12H,8H2,1-3H3,(H,15,18)(H,16,17). The van der Waals surface area contributed by atoms with Crippen LogP contribution in [-0.4, -0.2) is 35.9 Å². The minimum absolute atomic E-state index is 0.0204. The van der Waals surface area contributed by atoms with Gasteiger partial charge in [0.2, 0.25) is 0 Å². The molecule has 0 bridgehead atoms. The molecule has 1 atom stereocenters. The second kappa shape index (κ2) is 5.84. The van der Waals surface area contributed by atoms with Crippen molar-refractivity contribution >= 4 is 16.8 Å². The van der Waals surface area contributed by atoms with Gasteiger partial charge >= 0.3 is 0 Å². The number of nitrogens with one attached hydrogen (secondary N) is 2. The van der Waals surface area contributed by atoms with E-state index in [0.717, 1.165) is 10.9 Å². The van der Waals surface area contributed by atoms with Gasteiger partial charge in [0.1, 0.15) is 0 Å². The van der Waals surface area contributed by atoms with E-state index in [-0.39, 0.29) is 11.9 Å². The summed E-state index contributed by atoms with van der Waals surface area (Å²) in [7, 11) is 1.63. The van der Waals surface area contributed by atoms with E-state index in [1.54, 1.807) is 7.11 Å². The van der Waals surface area contributed by atoms with E-state index in [9.17, 15) is 4.79 Å². The Hall–Kier alpha value is -1.88. The van der Waals surface area contributed by atoms with Crippen LogP contribution in [0.1, 0.15) is 24.3 Å². The number of para-hydroxylation sites is 1. The molecule has 0 saturated heterocycles. The van der Waals surface area contributed by atoms with Gasteiger partial charge in [0.05, 0.1) is 18.2 Å². The molecule has 1 aromatic carbocycles. The molecule has 0 fully saturated rings. The van der Waals surface area contributed by atoms with Gasteiger partial charge in [-0.1, -0.05) is 32.0 Å². The number of hydrogen-bond donors (Lipinski definition) is 2. The van der Waals surface area contributed by atoms with Gasteiger partial charge in [-0.15, -0.1) is 0 Å². The van der Waals surface area contributed by atoms with Crippen molar-refractivity contribution in [2.45, 2.75) is 19.9 Å². The number of aromatic nitrogens is 2. The Balaban J connectivity index is 2.19. The van der Waals surface area contributed by atoms with Crippen molar-refractivity contribution in [2.24, 2.45) is 5.92 Å². The van der Waals surface area contributed by atoms with Gasteiger partial charge in [-0.3, -0.25) is 9.89 Å². The lowest BCUT2D eigenvalue weighted by atomic mass is 10.1. The third-order valence-corrected chi connectivity index (χ3v) is 3.15. The first kappa shape index (κ1) is 13.5. The summed E-state index contributed by atoms with van der Waals surface area (Å²) in [5.41, 5.74) is 1.29. The zero-order valence-electron chi connectivity index (χ0n) is 11.4. The molecule has 5 nitrogen and oxygen atoms in total. The molecule has 2 N–H and O–H groups in total. The van der Waals surface area contributed by atoms with Crippen LogP contribution in [0.5, 0.6) is 0 Å². The Bertz CT molecular complexity index is 563. The number of H-pyrrole nitrogens is 1. The predicted octanol–water partition coefficient (Wildman–Crippen LogP) is 1.96. The zero-order chi connectivity index (χ0) is 13.8. The van der Waals surface area contributed by atoms with Crippen LogP contribution in [0.2, 0.25) is 0 Å². The molecule has 1 amide bonds. The van der Waals surface area contributed by atoms with Crippen LogP contribution in [-0.2, 0) is 4.74 Å². The minimum Gasteiger partial charge on any atom is -0.383 e. The van der Waals surface area contributed by atoms with Gasteiger partial charge < -0.3 is 10.1 Å². The summed E-state index contributed by atoms with van der Waals surface area (Å²) in [6, 6.07) is 7.56. The Morgan fingerprint density at radius 3 is 2.84 bits per heavy atom. The summed E-state index contributed by atoms with van der Waals surface area (Å²) >= 11 is 0. The Labute approximate surface area is 112 Å². The summed E-state index contributed by atoms with van der Waals surface area (Å²) in [5, 5.41) is 10.8. The van der Waals surface area contributed by atoms with Crippen LogP contribution in [0.3, 0.4) is 0 Å². The molecule has 0 aliphatic carbocycles. The summed E-state index contributed by atoms with van der Waals surface area (Å²) < 4.78 is 5.13. The van der Waals surface area contributed by atoms with Crippen molar-refractivity contribution in [3.63, 3.8) is 0 Å². The molecule has 0 saturated carbocycles. The number of fused-ring (bicyclic) bond motifs is 1. The van der Waals surface area contributed by atoms with Gasteiger partial charge in [-0.05, 0) is 12.0 Å². The summed E-state index contributed by atoms with van der Waals surface area (Å²) in [6.45, 7) is 4.59. The molecule has 1 aromatic heterocycles. The number of methoxy groups -OCH3 is 1. The highest BCUT2D eigenvalue weighted by atomic mass is 16.5. The molecule has 0 spiro atoms. The summed E-state index contributed by atoms with van der Waals surface area (Å²) in [5.74, 6) is 0.127. The molecule has 5 heteroatoms. The fourth-order valence-corrected chi connectivity index (χ4v) is 1.95. The lowest BCUT2D eigenvalue weighted by molar-refractivity contribution is 0.0863. The Morgan fingerprint density at radius 1 is 1.42 bits per heavy atom. The number of rotatable bonds is 5. The van der Waals surface area contributed by atoms with E-state index in [2.05, 4.69) is 15.5 Å². The average molecular weight is 261 g/mol. The summed E-state index contributed by atoms with van der Waals surface area (Å²) in [4.78, 5) is 12.3. The highest BCUT2D eigenvalue weighted by Crippen LogP contribution is 2.15. The quantitative estimate of drug-likeness (QED) is 0.864. The van der Waals surface area contributed by atoms with Crippen molar-refractivity contribution in [3.05, 3.63) is 30.0 Å². The maximum absolute atomic E-state index is 12.3. The van der Waals surface area contributed by atoms with Crippen LogP contribution in [0.4, 0.5) is 0 Å². The Kier molecular flexibility index (Phi) is 4.16. The number of aromatic amines is 1. The second-order valence-corrected chi connectivity index (χ2v) is 4.90. The summed E-state index contributed by atoms with van der Waals surface area (Å²) in [6.07, 6.45) is 0. The number of benzene rings is 1. The SMILES string of the molecule is COCC(NC(=O)c1n[nH]c2ccccc12)C(C)C. The normalized spacial score (nSPS) is 12.8. The third-order valence-electron chi connectivity index (χ3n) is 3.15. The monoisotopic (exact) mass is 261 g/mol. The minimum atomic E-state index is -0.173. The fraction of sp³-hybridized carbons (Fsp3) is 0.429. The molecule has 102 valence electrons. The third kappa shape index (κ3) is 2.93. The fourth-order valence-electron chi connectivity index (χ4n) is 1.95. The van der Waals surface area contributed by atoms with Crippen molar-refractivity contribution in [1.29, 1.82) is 0 Å². The van der Waals surface area contributed by atoms with Crippen molar-refractivity contribution in [3.8, 4) is 0 Å². The van der Waals surface area contributed by atoms with Gasteiger partial charge in [-0.2, -0.15) is 5.10 Å². The van der Waals surface area contributed by atoms with Gasteiger partial charge in [0.25, 0.3) is 5.91 Å². The molecule has 0 radical (unpaired) electrons.